The van der Waals surface area contributed by atoms with E-state index in [2.05, 4.69) is 57.7 Å². The number of nitrogens with one attached hydrogen (secondary N) is 4. The highest BCUT2D eigenvalue weighted by Gasteiger charge is 2.31. The quantitative estimate of drug-likeness (QED) is 0.0156. The van der Waals surface area contributed by atoms with Crippen LogP contribution in [-0.4, -0.2) is 126 Å². The monoisotopic (exact) mass is 1020 g/mol. The number of hydrogen-bond donors (Lipinski definition) is 5. The smallest absolute Gasteiger partial charge is 0.408 e. The van der Waals surface area contributed by atoms with Crippen LogP contribution in [0.15, 0.2) is 97.1 Å². The fourth-order valence-corrected chi connectivity index (χ4v) is 8.78. The summed E-state index contributed by atoms with van der Waals surface area (Å²) in [5.74, 6) is -2.13. The van der Waals surface area contributed by atoms with Crippen LogP contribution in [-0.2, 0) is 47.5 Å². The van der Waals surface area contributed by atoms with Gasteiger partial charge in [-0.1, -0.05) is 97.1 Å². The van der Waals surface area contributed by atoms with Gasteiger partial charge in [-0.3, -0.25) is 9.59 Å². The van der Waals surface area contributed by atoms with E-state index in [1.807, 2.05) is 60.7 Å². The Labute approximate surface area is 433 Å². The predicted molar refractivity (Wildman–Crippen MR) is 276 cm³/mol. The molecule has 2 aliphatic rings. The number of ether oxygens (including phenoxy) is 7. The average Bonchev–Trinajstić information content (AvgIpc) is 3.88. The first-order valence-corrected chi connectivity index (χ1v) is 25.5. The van der Waals surface area contributed by atoms with Gasteiger partial charge in [0.2, 0.25) is 5.91 Å². The summed E-state index contributed by atoms with van der Waals surface area (Å²) in [7, 11) is 0. The first-order chi connectivity index (χ1) is 35.8. The normalized spacial score (nSPS) is 13.3. The van der Waals surface area contributed by atoms with Crippen molar-refractivity contribution in [3.63, 3.8) is 0 Å². The van der Waals surface area contributed by atoms with E-state index < -0.39 is 47.9 Å². The lowest BCUT2D eigenvalue weighted by molar-refractivity contribution is -0.162. The van der Waals surface area contributed by atoms with Gasteiger partial charge in [0.1, 0.15) is 24.9 Å². The fraction of sp³-hybridized carbons (Fsp3) is 0.464. The van der Waals surface area contributed by atoms with E-state index in [-0.39, 0.29) is 96.5 Å². The van der Waals surface area contributed by atoms with Crippen LogP contribution in [0.4, 0.5) is 14.4 Å². The predicted octanol–water partition coefficient (Wildman–Crippen LogP) is 7.25. The van der Waals surface area contributed by atoms with Gasteiger partial charge in [-0.05, 0) is 104 Å². The molecule has 18 nitrogen and oxygen atoms in total. The molecular formula is C56H71N5O13. The number of amides is 4. The zero-order valence-electron chi connectivity index (χ0n) is 42.7. The summed E-state index contributed by atoms with van der Waals surface area (Å²) < 4.78 is 38.0. The highest BCUT2D eigenvalue weighted by molar-refractivity contribution is 5.90. The summed E-state index contributed by atoms with van der Waals surface area (Å²) in [5.41, 5.74) is 14.4. The number of rotatable bonds is 29. The van der Waals surface area contributed by atoms with E-state index in [0.29, 0.717) is 38.6 Å². The standard InChI is InChI=1S/C56H71N5O13/c1-56(2,3)74-55(67)61-49(25-13-15-28-60-54(66)72-37-47-44-22-10-6-18-40(44)41-19-7-11-23-45(41)47)52(64)73-50(62)26-30-68-32-34-70-35-33-69-31-29-58-51(63)48(57)24-12-14-27-59-53(65)71-36-46-42-20-8-4-16-38(42)39-17-5-9-21-43(39)46/h4-11,16-23,46-49H,12-15,24-37,57H2,1-3H3,(H,58,63)(H,59,65)(H,60,66)(H,61,67)/t48-,49-/m0/s1. The Hall–Kier alpha value is -6.86. The summed E-state index contributed by atoms with van der Waals surface area (Å²) in [5, 5.41) is 10.8. The van der Waals surface area contributed by atoms with Crippen LogP contribution >= 0.6 is 0 Å². The SMILES string of the molecule is CC(C)(C)OC(=O)N[C@@H](CCCCNC(=O)OCC1c2ccccc2-c2ccccc21)C(=O)OC(=O)CCOCCOCCOCCNC(=O)[C@@H](N)CCCCNC(=O)OCC1c2ccccc2-c2ccccc21. The summed E-state index contributed by atoms with van der Waals surface area (Å²) in [6, 6.07) is 30.6. The van der Waals surface area contributed by atoms with Gasteiger partial charge < -0.3 is 60.2 Å². The zero-order valence-corrected chi connectivity index (χ0v) is 42.7. The van der Waals surface area contributed by atoms with Crippen LogP contribution in [0, 0.1) is 0 Å². The molecule has 4 aromatic rings. The van der Waals surface area contributed by atoms with Crippen molar-refractivity contribution in [1.82, 2.24) is 21.3 Å². The molecule has 2 atom stereocenters. The van der Waals surface area contributed by atoms with Gasteiger partial charge in [0.15, 0.2) is 0 Å². The van der Waals surface area contributed by atoms with Crippen molar-refractivity contribution >= 4 is 36.1 Å². The van der Waals surface area contributed by atoms with Crippen molar-refractivity contribution in [1.29, 1.82) is 0 Å². The number of benzene rings is 4. The van der Waals surface area contributed by atoms with Crippen LogP contribution < -0.4 is 27.0 Å². The third-order valence-corrected chi connectivity index (χ3v) is 12.4. The number of esters is 2. The van der Waals surface area contributed by atoms with Gasteiger partial charge in [0.25, 0.3) is 0 Å². The van der Waals surface area contributed by atoms with Crippen LogP contribution in [0.2, 0.25) is 0 Å². The summed E-state index contributed by atoms with van der Waals surface area (Å²) in [4.78, 5) is 75.6. The lowest BCUT2D eigenvalue weighted by atomic mass is 9.98. The third-order valence-electron chi connectivity index (χ3n) is 12.4. The lowest BCUT2D eigenvalue weighted by Gasteiger charge is -2.22. The Kier molecular flexibility index (Phi) is 22.2. The number of alkyl carbamates (subject to hydrolysis) is 3. The number of carbonyl (C=O) groups excluding carboxylic acids is 6. The number of carbonyl (C=O) groups is 6. The average molecular weight is 1020 g/mol. The second-order valence-electron chi connectivity index (χ2n) is 19.0. The second-order valence-corrected chi connectivity index (χ2v) is 19.0. The minimum Gasteiger partial charge on any atom is -0.449 e. The topological polar surface area (TPSA) is 241 Å². The molecule has 0 heterocycles. The Morgan fingerprint density at radius 2 is 0.959 bits per heavy atom. The zero-order chi connectivity index (χ0) is 52.7. The lowest BCUT2D eigenvalue weighted by Crippen LogP contribution is -2.44. The molecule has 0 saturated carbocycles. The maximum Gasteiger partial charge on any atom is 0.408 e. The van der Waals surface area contributed by atoms with Crippen molar-refractivity contribution in [2.24, 2.45) is 5.73 Å². The summed E-state index contributed by atoms with van der Waals surface area (Å²) in [6.45, 7) is 7.59. The molecule has 74 heavy (non-hydrogen) atoms. The Morgan fingerprint density at radius 1 is 0.527 bits per heavy atom. The molecule has 398 valence electrons. The second kappa shape index (κ2) is 29.1. The molecule has 0 aliphatic heterocycles. The number of unbranched alkanes of at least 4 members (excludes halogenated alkanes) is 2. The van der Waals surface area contributed by atoms with Gasteiger partial charge in [-0.25, -0.2) is 19.2 Å². The summed E-state index contributed by atoms with van der Waals surface area (Å²) in [6.07, 6.45) is 0.608. The van der Waals surface area contributed by atoms with Crippen molar-refractivity contribution in [2.45, 2.75) is 95.2 Å². The number of hydrogen-bond acceptors (Lipinski definition) is 14. The van der Waals surface area contributed by atoms with E-state index in [4.69, 9.17) is 38.9 Å². The van der Waals surface area contributed by atoms with Gasteiger partial charge in [0.05, 0.1) is 52.1 Å². The fourth-order valence-electron chi connectivity index (χ4n) is 8.78. The maximum atomic E-state index is 13.0. The van der Waals surface area contributed by atoms with E-state index in [0.717, 1.165) is 33.4 Å². The van der Waals surface area contributed by atoms with Gasteiger partial charge in [-0.2, -0.15) is 0 Å². The highest BCUT2D eigenvalue weighted by Crippen LogP contribution is 2.45. The van der Waals surface area contributed by atoms with Crippen LogP contribution in [0.3, 0.4) is 0 Å². The Bertz CT molecular complexity index is 2400. The summed E-state index contributed by atoms with van der Waals surface area (Å²) >= 11 is 0. The molecule has 4 amide bonds. The van der Waals surface area contributed by atoms with Crippen molar-refractivity contribution in [3.05, 3.63) is 119 Å². The molecule has 0 aromatic heterocycles. The van der Waals surface area contributed by atoms with Gasteiger partial charge in [-0.15, -0.1) is 0 Å². The minimum atomic E-state index is -1.18. The molecule has 0 unspecified atom stereocenters. The third kappa shape index (κ3) is 17.7. The Balaban J connectivity index is 0.741. The molecule has 0 saturated heterocycles. The van der Waals surface area contributed by atoms with Crippen LogP contribution in [0.5, 0.6) is 0 Å². The minimum absolute atomic E-state index is 0.0103. The van der Waals surface area contributed by atoms with Crippen LogP contribution in [0.1, 0.15) is 99.8 Å². The maximum absolute atomic E-state index is 13.0. The molecule has 0 spiro atoms. The van der Waals surface area contributed by atoms with Gasteiger partial charge >= 0.3 is 30.2 Å². The molecular weight excluding hydrogens is 951 g/mol. The van der Waals surface area contributed by atoms with Crippen LogP contribution in [0.25, 0.3) is 22.3 Å². The molecule has 6 rings (SSSR count). The number of fused-ring (bicyclic) bond motifs is 6. The molecule has 0 fully saturated rings. The van der Waals surface area contributed by atoms with E-state index in [9.17, 15) is 28.8 Å². The first kappa shape index (κ1) is 56.4. The van der Waals surface area contributed by atoms with E-state index in [1.54, 1.807) is 20.8 Å². The first-order valence-electron chi connectivity index (χ1n) is 25.5. The molecule has 4 aromatic carbocycles. The molecule has 18 heteroatoms. The van der Waals surface area contributed by atoms with E-state index >= 15 is 0 Å². The molecule has 2 aliphatic carbocycles. The van der Waals surface area contributed by atoms with E-state index in [1.165, 1.54) is 11.1 Å². The van der Waals surface area contributed by atoms with Gasteiger partial charge in [0, 0.05) is 31.5 Å². The Morgan fingerprint density at radius 3 is 1.43 bits per heavy atom. The molecule has 0 bridgehead atoms. The highest BCUT2D eigenvalue weighted by atomic mass is 16.6. The number of nitrogens with two attached hydrogens (primary N) is 1. The van der Waals surface area contributed by atoms with Crippen molar-refractivity contribution in [2.75, 3.05) is 72.5 Å². The van der Waals surface area contributed by atoms with Crippen molar-refractivity contribution in [3.8, 4) is 22.3 Å². The molecule has 0 radical (unpaired) electrons. The van der Waals surface area contributed by atoms with Crippen molar-refractivity contribution < 1.29 is 61.9 Å². The molecule has 6 N–H and O–H groups in total. The largest absolute Gasteiger partial charge is 0.449 e.